The van der Waals surface area contributed by atoms with E-state index < -0.39 is 0 Å². The molecule has 0 bridgehead atoms. The van der Waals surface area contributed by atoms with Crippen LogP contribution in [-0.4, -0.2) is 55.5 Å². The number of carbonyl (C=O) groups excluding carboxylic acids is 2. The summed E-state index contributed by atoms with van der Waals surface area (Å²) in [7, 11) is 3.59. The van der Waals surface area contributed by atoms with Crippen LogP contribution < -0.4 is 5.32 Å². The van der Waals surface area contributed by atoms with Crippen LogP contribution in [0.2, 0.25) is 0 Å². The predicted octanol–water partition coefficient (Wildman–Crippen LogP) is 2.24. The van der Waals surface area contributed by atoms with E-state index in [1.165, 1.54) is 6.42 Å². The first kappa shape index (κ1) is 16.8. The lowest BCUT2D eigenvalue weighted by atomic mass is 9.93. The molecule has 22 heavy (non-hydrogen) atoms. The van der Waals surface area contributed by atoms with Crippen LogP contribution >= 0.6 is 0 Å². The van der Waals surface area contributed by atoms with Gasteiger partial charge in [0.25, 0.3) is 0 Å². The maximum absolute atomic E-state index is 12.2. The van der Waals surface area contributed by atoms with Gasteiger partial charge in [0.15, 0.2) is 0 Å². The number of carbonyl (C=O) groups is 2. The first-order valence-electron chi connectivity index (χ1n) is 8.44. The van der Waals surface area contributed by atoms with E-state index in [4.69, 9.17) is 0 Å². The largest absolute Gasteiger partial charge is 0.349 e. The number of piperidine rings is 1. The number of rotatable bonds is 4. The molecule has 0 spiro atoms. The Morgan fingerprint density at radius 2 is 1.86 bits per heavy atom. The minimum absolute atomic E-state index is 0.0620. The summed E-state index contributed by atoms with van der Waals surface area (Å²) in [5.41, 5.74) is 0. The molecule has 5 nitrogen and oxygen atoms in total. The van der Waals surface area contributed by atoms with E-state index in [-0.39, 0.29) is 11.9 Å². The van der Waals surface area contributed by atoms with Gasteiger partial charge in [0.1, 0.15) is 0 Å². The molecule has 0 saturated carbocycles. The van der Waals surface area contributed by atoms with Crippen LogP contribution in [-0.2, 0) is 4.79 Å². The molecular weight excluding hydrogens is 278 g/mol. The van der Waals surface area contributed by atoms with Crippen molar-refractivity contribution in [3.63, 3.8) is 0 Å². The van der Waals surface area contributed by atoms with Crippen LogP contribution in [0.15, 0.2) is 12.2 Å². The van der Waals surface area contributed by atoms with Gasteiger partial charge in [-0.15, -0.1) is 0 Å². The highest BCUT2D eigenvalue weighted by Crippen LogP contribution is 2.21. The number of hydrogen-bond donors (Lipinski definition) is 1. The zero-order valence-corrected chi connectivity index (χ0v) is 13.9. The maximum atomic E-state index is 12.2. The number of hydrogen-bond acceptors (Lipinski definition) is 2. The van der Waals surface area contributed by atoms with Crippen LogP contribution in [0.1, 0.15) is 38.5 Å². The summed E-state index contributed by atoms with van der Waals surface area (Å²) in [5.74, 6) is 1.19. The quantitative estimate of drug-likeness (QED) is 0.810. The molecule has 0 aromatic rings. The summed E-state index contributed by atoms with van der Waals surface area (Å²) in [6, 6.07) is 0.0620. The Morgan fingerprint density at radius 3 is 2.45 bits per heavy atom. The second kappa shape index (κ2) is 8.20. The van der Waals surface area contributed by atoms with Gasteiger partial charge in [0.05, 0.1) is 0 Å². The van der Waals surface area contributed by atoms with Crippen LogP contribution in [0.25, 0.3) is 0 Å². The Bertz CT molecular complexity index is 412. The van der Waals surface area contributed by atoms with Crippen molar-refractivity contribution < 1.29 is 9.59 Å². The monoisotopic (exact) mass is 307 g/mol. The van der Waals surface area contributed by atoms with E-state index >= 15 is 0 Å². The second-order valence-corrected chi connectivity index (χ2v) is 6.76. The summed E-state index contributed by atoms with van der Waals surface area (Å²) in [5, 5.41) is 3.07. The maximum Gasteiger partial charge on any atom is 0.317 e. The van der Waals surface area contributed by atoms with Gasteiger partial charge < -0.3 is 15.1 Å². The van der Waals surface area contributed by atoms with Gasteiger partial charge in [-0.1, -0.05) is 12.2 Å². The molecule has 1 saturated heterocycles. The fraction of sp³-hybridized carbons (Fsp3) is 0.765. The van der Waals surface area contributed by atoms with Crippen LogP contribution in [0, 0.1) is 11.8 Å². The molecule has 1 aliphatic heterocycles. The molecule has 1 fully saturated rings. The topological polar surface area (TPSA) is 52.7 Å². The Morgan fingerprint density at radius 1 is 1.14 bits per heavy atom. The molecule has 124 valence electrons. The van der Waals surface area contributed by atoms with Crippen molar-refractivity contribution in [2.45, 2.75) is 38.5 Å². The summed E-state index contributed by atoms with van der Waals surface area (Å²) >= 11 is 0. The lowest BCUT2D eigenvalue weighted by molar-refractivity contribution is -0.129. The molecule has 0 unspecified atom stereocenters. The lowest BCUT2D eigenvalue weighted by Crippen LogP contribution is -2.46. The molecule has 0 radical (unpaired) electrons. The molecule has 5 heteroatoms. The third kappa shape index (κ3) is 5.04. The van der Waals surface area contributed by atoms with Crippen molar-refractivity contribution in [1.82, 2.24) is 15.1 Å². The van der Waals surface area contributed by atoms with Gasteiger partial charge in [-0.2, -0.15) is 0 Å². The molecule has 2 rings (SSSR count). The van der Waals surface area contributed by atoms with Crippen LogP contribution in [0.5, 0.6) is 0 Å². The van der Waals surface area contributed by atoms with E-state index in [0.717, 1.165) is 45.3 Å². The molecule has 1 atom stereocenters. The standard InChI is InChI=1S/C17H29N3O2/c1-19(2)16(21)12-14-8-10-20(11-9-14)17(22)18-13-15-6-4-3-5-7-15/h3-4,14-15H,5-13H2,1-2H3,(H,18,22)/t15-/m1/s1. The van der Waals surface area contributed by atoms with Gasteiger partial charge in [0.2, 0.25) is 5.91 Å². The Kier molecular flexibility index (Phi) is 6.28. The Hall–Kier alpha value is -1.52. The van der Waals surface area contributed by atoms with Crippen molar-refractivity contribution in [2.75, 3.05) is 33.7 Å². The normalized spacial score (nSPS) is 22.5. The van der Waals surface area contributed by atoms with Gasteiger partial charge in [-0.3, -0.25) is 4.79 Å². The molecule has 0 aromatic heterocycles. The third-order valence-corrected chi connectivity index (χ3v) is 4.78. The highest BCUT2D eigenvalue weighted by atomic mass is 16.2. The fourth-order valence-corrected chi connectivity index (χ4v) is 3.15. The zero-order valence-electron chi connectivity index (χ0n) is 13.9. The van der Waals surface area contributed by atoms with Crippen molar-refractivity contribution >= 4 is 11.9 Å². The molecule has 1 N–H and O–H groups in total. The number of nitrogens with one attached hydrogen (secondary N) is 1. The van der Waals surface area contributed by atoms with Crippen molar-refractivity contribution in [3.8, 4) is 0 Å². The average molecular weight is 307 g/mol. The van der Waals surface area contributed by atoms with Crippen molar-refractivity contribution in [3.05, 3.63) is 12.2 Å². The van der Waals surface area contributed by atoms with Crippen molar-refractivity contribution in [1.29, 1.82) is 0 Å². The third-order valence-electron chi connectivity index (χ3n) is 4.78. The second-order valence-electron chi connectivity index (χ2n) is 6.76. The van der Waals surface area contributed by atoms with E-state index in [1.54, 1.807) is 19.0 Å². The van der Waals surface area contributed by atoms with Gasteiger partial charge in [-0.05, 0) is 43.9 Å². The van der Waals surface area contributed by atoms with E-state index in [0.29, 0.717) is 18.3 Å². The van der Waals surface area contributed by atoms with Gasteiger partial charge in [0, 0.05) is 40.2 Å². The number of likely N-dealkylation sites (tertiary alicyclic amines) is 1. The molecule has 1 heterocycles. The summed E-state index contributed by atoms with van der Waals surface area (Å²) in [6.07, 6.45) is 10.3. The first-order valence-corrected chi connectivity index (χ1v) is 8.44. The van der Waals surface area contributed by atoms with Crippen LogP contribution in [0.4, 0.5) is 4.79 Å². The molecule has 2 aliphatic rings. The highest BCUT2D eigenvalue weighted by molar-refractivity contribution is 5.76. The summed E-state index contributed by atoms with van der Waals surface area (Å²) in [6.45, 7) is 2.31. The first-order chi connectivity index (χ1) is 10.6. The minimum Gasteiger partial charge on any atom is -0.349 e. The Labute approximate surface area is 133 Å². The average Bonchev–Trinajstić information content (AvgIpc) is 2.54. The van der Waals surface area contributed by atoms with E-state index in [2.05, 4.69) is 17.5 Å². The predicted molar refractivity (Wildman–Crippen MR) is 87.5 cm³/mol. The molecular formula is C17H29N3O2. The highest BCUT2D eigenvalue weighted by Gasteiger charge is 2.25. The number of amides is 3. The SMILES string of the molecule is CN(C)C(=O)CC1CCN(C(=O)NC[C@@H]2CC=CCC2)CC1. The van der Waals surface area contributed by atoms with Gasteiger partial charge >= 0.3 is 6.03 Å². The van der Waals surface area contributed by atoms with E-state index in [9.17, 15) is 9.59 Å². The summed E-state index contributed by atoms with van der Waals surface area (Å²) < 4.78 is 0. The van der Waals surface area contributed by atoms with Crippen LogP contribution in [0.3, 0.4) is 0 Å². The van der Waals surface area contributed by atoms with E-state index in [1.807, 2.05) is 4.90 Å². The zero-order chi connectivity index (χ0) is 15.9. The number of urea groups is 1. The smallest absolute Gasteiger partial charge is 0.317 e. The number of allylic oxidation sites excluding steroid dienone is 2. The van der Waals surface area contributed by atoms with Crippen molar-refractivity contribution in [2.24, 2.45) is 11.8 Å². The minimum atomic E-state index is 0.0620. The fourth-order valence-electron chi connectivity index (χ4n) is 3.15. The summed E-state index contributed by atoms with van der Waals surface area (Å²) in [4.78, 5) is 27.5. The van der Waals surface area contributed by atoms with Gasteiger partial charge in [-0.25, -0.2) is 4.79 Å². The Balaban J connectivity index is 1.66. The molecule has 0 aromatic carbocycles. The lowest BCUT2D eigenvalue weighted by Gasteiger charge is -2.32. The number of nitrogens with zero attached hydrogens (tertiary/aromatic N) is 2. The molecule has 1 aliphatic carbocycles. The molecule has 3 amide bonds.